The van der Waals surface area contributed by atoms with Gasteiger partial charge in [-0.2, -0.15) is 0 Å². The van der Waals surface area contributed by atoms with E-state index in [1.165, 1.54) is 12.8 Å². The van der Waals surface area contributed by atoms with Gasteiger partial charge in [0.1, 0.15) is 0 Å². The third-order valence-electron chi connectivity index (χ3n) is 6.26. The molecule has 2 aliphatic rings. The topological polar surface area (TPSA) is 62.3 Å². The molecule has 2 heterocycles. The summed E-state index contributed by atoms with van der Waals surface area (Å²) in [6.07, 6.45) is 6.10. The molecule has 2 amide bonds. The van der Waals surface area contributed by atoms with Crippen molar-refractivity contribution < 1.29 is 9.59 Å². The van der Waals surface area contributed by atoms with Crippen LogP contribution in [0.1, 0.15) is 76.5 Å². The summed E-state index contributed by atoms with van der Waals surface area (Å²) in [7, 11) is 0. The van der Waals surface area contributed by atoms with E-state index in [0.717, 1.165) is 37.1 Å². The Labute approximate surface area is 182 Å². The second-order valence-corrected chi connectivity index (χ2v) is 8.85. The lowest BCUT2D eigenvalue weighted by Crippen LogP contribution is -2.39. The van der Waals surface area contributed by atoms with Crippen LogP contribution in [0.3, 0.4) is 0 Å². The van der Waals surface area contributed by atoms with Crippen LogP contribution in [0.15, 0.2) is 36.4 Å². The Bertz CT molecular complexity index is 915. The maximum absolute atomic E-state index is 12.9. The van der Waals surface area contributed by atoms with Crippen LogP contribution in [0.25, 0.3) is 0 Å². The average molecular weight is 426 g/mol. The van der Waals surface area contributed by atoms with Crippen molar-refractivity contribution in [1.29, 1.82) is 0 Å². The summed E-state index contributed by atoms with van der Waals surface area (Å²) < 4.78 is 0. The first kappa shape index (κ1) is 20.9. The van der Waals surface area contributed by atoms with E-state index in [1.54, 1.807) is 24.3 Å². The molecular weight excluding hydrogens is 398 g/mol. The van der Waals surface area contributed by atoms with Gasteiger partial charge in [0.15, 0.2) is 0 Å². The number of nitrogens with one attached hydrogen (secondary N) is 1. The molecule has 4 rings (SSSR count). The van der Waals surface area contributed by atoms with E-state index in [2.05, 4.69) is 5.32 Å². The van der Waals surface area contributed by atoms with Gasteiger partial charge >= 0.3 is 0 Å². The highest BCUT2D eigenvalue weighted by Gasteiger charge is 2.29. The highest BCUT2D eigenvalue weighted by molar-refractivity contribution is 6.30. The summed E-state index contributed by atoms with van der Waals surface area (Å²) in [5.41, 5.74) is 3.14. The van der Waals surface area contributed by atoms with Crippen molar-refractivity contribution in [2.24, 2.45) is 0 Å². The van der Waals surface area contributed by atoms with E-state index in [0.29, 0.717) is 29.2 Å². The van der Waals surface area contributed by atoms with Crippen LogP contribution in [0.5, 0.6) is 0 Å². The Kier molecular flexibility index (Phi) is 6.38. The number of carbonyl (C=O) groups is 2. The monoisotopic (exact) mass is 425 g/mol. The number of carbonyl (C=O) groups excluding carboxylic acids is 2. The van der Waals surface area contributed by atoms with Crippen LogP contribution in [-0.4, -0.2) is 40.8 Å². The third-order valence-corrected chi connectivity index (χ3v) is 6.51. The summed E-state index contributed by atoms with van der Waals surface area (Å²) in [5.74, 6) is 0.203. The number of hydrogen-bond acceptors (Lipinski definition) is 3. The van der Waals surface area contributed by atoms with Crippen molar-refractivity contribution in [3.63, 3.8) is 0 Å². The van der Waals surface area contributed by atoms with Crippen LogP contribution in [0.4, 0.5) is 0 Å². The highest BCUT2D eigenvalue weighted by Crippen LogP contribution is 2.30. The Morgan fingerprint density at radius 3 is 2.33 bits per heavy atom. The van der Waals surface area contributed by atoms with Gasteiger partial charge in [0.25, 0.3) is 11.8 Å². The first-order valence-corrected chi connectivity index (χ1v) is 11.2. The number of pyridine rings is 1. The number of hydrogen-bond donors (Lipinski definition) is 1. The van der Waals surface area contributed by atoms with Gasteiger partial charge in [-0.15, -0.1) is 0 Å². The van der Waals surface area contributed by atoms with Gasteiger partial charge < -0.3 is 10.2 Å². The minimum Gasteiger partial charge on any atom is -0.349 e. The van der Waals surface area contributed by atoms with Gasteiger partial charge in [-0.3, -0.25) is 14.6 Å². The van der Waals surface area contributed by atoms with Gasteiger partial charge in [0, 0.05) is 41.3 Å². The molecule has 1 aliphatic heterocycles. The van der Waals surface area contributed by atoms with Crippen molar-refractivity contribution in [2.45, 2.75) is 57.4 Å². The molecule has 5 nitrogen and oxygen atoms in total. The summed E-state index contributed by atoms with van der Waals surface area (Å²) in [6.45, 7) is 3.28. The molecule has 0 bridgehead atoms. The molecule has 0 spiro atoms. The van der Waals surface area contributed by atoms with Gasteiger partial charge in [-0.05, 0) is 69.0 Å². The largest absolute Gasteiger partial charge is 0.349 e. The molecule has 1 saturated heterocycles. The van der Waals surface area contributed by atoms with E-state index in [4.69, 9.17) is 16.6 Å². The maximum atomic E-state index is 12.9. The van der Waals surface area contributed by atoms with Crippen molar-refractivity contribution >= 4 is 23.4 Å². The average Bonchev–Trinajstić information content (AvgIpc) is 3.27. The number of halogens is 1. The number of benzene rings is 1. The van der Waals surface area contributed by atoms with Gasteiger partial charge in [0.2, 0.25) is 0 Å². The van der Waals surface area contributed by atoms with Crippen LogP contribution in [0, 0.1) is 6.92 Å². The number of amides is 2. The quantitative estimate of drug-likeness (QED) is 0.769. The number of piperidine rings is 1. The van der Waals surface area contributed by atoms with Gasteiger partial charge in [-0.25, -0.2) is 0 Å². The lowest BCUT2D eigenvalue weighted by atomic mass is 9.89. The normalized spacial score (nSPS) is 17.9. The molecule has 1 saturated carbocycles. The number of nitrogens with zero attached hydrogens (tertiary/aromatic N) is 2. The zero-order valence-electron chi connectivity index (χ0n) is 17.4. The van der Waals surface area contributed by atoms with E-state index < -0.39 is 0 Å². The van der Waals surface area contributed by atoms with Crippen LogP contribution in [0.2, 0.25) is 5.02 Å². The SMILES string of the molecule is Cc1ccc(C(=O)NC2CCCC2)c(C2CCN(C(=O)c3ccc(Cl)cc3)CC2)n1. The third kappa shape index (κ3) is 4.67. The van der Waals surface area contributed by atoms with Crippen LogP contribution >= 0.6 is 11.6 Å². The highest BCUT2D eigenvalue weighted by atomic mass is 35.5. The molecule has 158 valence electrons. The van der Waals surface area contributed by atoms with Crippen molar-refractivity contribution in [2.75, 3.05) is 13.1 Å². The predicted molar refractivity (Wildman–Crippen MR) is 118 cm³/mol. The molecule has 30 heavy (non-hydrogen) atoms. The molecule has 1 aromatic carbocycles. The Balaban J connectivity index is 1.45. The fraction of sp³-hybridized carbons (Fsp3) is 0.458. The maximum Gasteiger partial charge on any atom is 0.253 e. The molecule has 2 aromatic rings. The molecule has 6 heteroatoms. The predicted octanol–water partition coefficient (Wildman–Crippen LogP) is 4.74. The lowest BCUT2D eigenvalue weighted by Gasteiger charge is -2.32. The van der Waals surface area contributed by atoms with Gasteiger partial charge in [-0.1, -0.05) is 24.4 Å². The minimum absolute atomic E-state index is 0.0101. The number of aromatic nitrogens is 1. The van der Waals surface area contributed by atoms with E-state index >= 15 is 0 Å². The summed E-state index contributed by atoms with van der Waals surface area (Å²) in [5, 5.41) is 3.82. The standard InChI is InChI=1S/C24H28ClN3O2/c1-16-6-11-21(23(29)27-20-4-2-3-5-20)22(26-16)17-12-14-28(15-13-17)24(30)18-7-9-19(25)10-8-18/h6-11,17,20H,2-5,12-15H2,1H3,(H,27,29). The lowest BCUT2D eigenvalue weighted by molar-refractivity contribution is 0.0710. The summed E-state index contributed by atoms with van der Waals surface area (Å²) in [6, 6.07) is 11.1. The molecule has 1 aromatic heterocycles. The van der Waals surface area contributed by atoms with Crippen molar-refractivity contribution in [3.8, 4) is 0 Å². The van der Waals surface area contributed by atoms with Gasteiger partial charge in [0.05, 0.1) is 11.3 Å². The molecular formula is C24H28ClN3O2. The number of likely N-dealkylation sites (tertiary alicyclic amines) is 1. The van der Waals surface area contributed by atoms with Crippen LogP contribution in [-0.2, 0) is 0 Å². The molecule has 0 radical (unpaired) electrons. The second kappa shape index (κ2) is 9.17. The van der Waals surface area contributed by atoms with Crippen molar-refractivity contribution in [1.82, 2.24) is 15.2 Å². The molecule has 1 N–H and O–H groups in total. The number of aryl methyl sites for hydroxylation is 1. The first-order chi connectivity index (χ1) is 14.5. The molecule has 0 atom stereocenters. The van der Waals surface area contributed by atoms with E-state index in [9.17, 15) is 9.59 Å². The van der Waals surface area contributed by atoms with Crippen molar-refractivity contribution in [3.05, 3.63) is 63.9 Å². The Hall–Kier alpha value is -2.40. The smallest absolute Gasteiger partial charge is 0.253 e. The Morgan fingerprint density at radius 2 is 1.67 bits per heavy atom. The summed E-state index contributed by atoms with van der Waals surface area (Å²) in [4.78, 5) is 32.3. The fourth-order valence-corrected chi connectivity index (χ4v) is 4.67. The van der Waals surface area contributed by atoms with E-state index in [1.807, 2.05) is 24.0 Å². The molecule has 1 aliphatic carbocycles. The molecule has 2 fully saturated rings. The minimum atomic E-state index is -0.0101. The molecule has 0 unspecified atom stereocenters. The Morgan fingerprint density at radius 1 is 1.00 bits per heavy atom. The zero-order valence-corrected chi connectivity index (χ0v) is 18.1. The van der Waals surface area contributed by atoms with E-state index in [-0.39, 0.29) is 23.8 Å². The number of rotatable bonds is 4. The first-order valence-electron chi connectivity index (χ1n) is 10.8. The van der Waals surface area contributed by atoms with Crippen LogP contribution < -0.4 is 5.32 Å². The second-order valence-electron chi connectivity index (χ2n) is 8.41. The zero-order chi connectivity index (χ0) is 21.1. The fourth-order valence-electron chi connectivity index (χ4n) is 4.54. The summed E-state index contributed by atoms with van der Waals surface area (Å²) >= 11 is 5.93.